The van der Waals surface area contributed by atoms with Crippen molar-refractivity contribution in [3.63, 3.8) is 0 Å². The number of amides is 2. The molecule has 1 aliphatic carbocycles. The van der Waals surface area contributed by atoms with Crippen LogP contribution in [0.5, 0.6) is 0 Å². The van der Waals surface area contributed by atoms with Gasteiger partial charge < -0.3 is 9.64 Å². The summed E-state index contributed by atoms with van der Waals surface area (Å²) in [6.07, 6.45) is 2.14. The highest BCUT2D eigenvalue weighted by atomic mass is 16.5. The van der Waals surface area contributed by atoms with Crippen molar-refractivity contribution in [3.05, 3.63) is 64.7 Å². The monoisotopic (exact) mass is 404 g/mol. The van der Waals surface area contributed by atoms with E-state index in [9.17, 15) is 14.4 Å². The topological polar surface area (TPSA) is 66.9 Å². The van der Waals surface area contributed by atoms with Crippen molar-refractivity contribution in [3.8, 4) is 0 Å². The molecule has 5 rings (SSSR count). The van der Waals surface area contributed by atoms with Crippen LogP contribution in [0.4, 0.5) is 5.69 Å². The number of hydrogen-bond acceptors (Lipinski definition) is 4. The normalized spacial score (nSPS) is 22.7. The number of esters is 1. The number of rotatable bonds is 4. The zero-order chi connectivity index (χ0) is 21.0. The van der Waals surface area contributed by atoms with E-state index in [2.05, 4.69) is 0 Å². The molecule has 2 amide bonds. The highest BCUT2D eigenvalue weighted by molar-refractivity contribution is 6.15. The number of carbonyl (C=O) groups excluding carboxylic acids is 3. The molecule has 0 spiro atoms. The van der Waals surface area contributed by atoms with Gasteiger partial charge in [-0.25, -0.2) is 4.79 Å². The Morgan fingerprint density at radius 1 is 1.13 bits per heavy atom. The van der Waals surface area contributed by atoms with Gasteiger partial charge in [-0.1, -0.05) is 35.9 Å². The van der Waals surface area contributed by atoms with E-state index in [0.717, 1.165) is 29.5 Å². The summed E-state index contributed by atoms with van der Waals surface area (Å²) in [6.45, 7) is 4.08. The Bertz CT molecular complexity index is 1070. The summed E-state index contributed by atoms with van der Waals surface area (Å²) in [6, 6.07) is 13.0. The molecule has 1 atom stereocenters. The van der Waals surface area contributed by atoms with Gasteiger partial charge in [0.25, 0.3) is 5.91 Å². The highest BCUT2D eigenvalue weighted by Gasteiger charge is 2.64. The van der Waals surface area contributed by atoms with Gasteiger partial charge in [0, 0.05) is 18.9 Å². The van der Waals surface area contributed by atoms with Crippen molar-refractivity contribution >= 4 is 23.5 Å². The number of benzene rings is 2. The summed E-state index contributed by atoms with van der Waals surface area (Å²) in [4.78, 5) is 43.1. The number of fused-ring (bicyclic) bond motifs is 3. The molecule has 6 nitrogen and oxygen atoms in total. The van der Waals surface area contributed by atoms with Crippen LogP contribution >= 0.6 is 0 Å². The molecule has 0 bridgehead atoms. The summed E-state index contributed by atoms with van der Waals surface area (Å²) in [5, 5.41) is 0. The largest absolute Gasteiger partial charge is 0.458 e. The fourth-order valence-corrected chi connectivity index (χ4v) is 4.73. The third kappa shape index (κ3) is 2.66. The number of nitrogens with zero attached hydrogens (tertiary/aromatic N) is 2. The fourth-order valence-electron chi connectivity index (χ4n) is 4.73. The van der Waals surface area contributed by atoms with Gasteiger partial charge in [-0.05, 0) is 49.9 Å². The van der Waals surface area contributed by atoms with Gasteiger partial charge in [-0.2, -0.15) is 0 Å². The Labute approximate surface area is 175 Å². The maximum Gasteiger partial charge on any atom is 0.354 e. The van der Waals surface area contributed by atoms with Crippen molar-refractivity contribution < 1.29 is 19.1 Å². The number of aryl methyl sites for hydroxylation is 2. The minimum atomic E-state index is -1.39. The molecule has 0 N–H and O–H groups in total. The van der Waals surface area contributed by atoms with E-state index in [1.54, 1.807) is 29.2 Å². The highest BCUT2D eigenvalue weighted by Crippen LogP contribution is 2.49. The minimum Gasteiger partial charge on any atom is -0.458 e. The van der Waals surface area contributed by atoms with Gasteiger partial charge in [0.2, 0.25) is 11.6 Å². The molecule has 6 heteroatoms. The van der Waals surface area contributed by atoms with Gasteiger partial charge in [0.1, 0.15) is 6.61 Å². The van der Waals surface area contributed by atoms with Crippen molar-refractivity contribution in [1.82, 2.24) is 4.90 Å². The molecular weight excluding hydrogens is 380 g/mol. The molecule has 0 radical (unpaired) electrons. The van der Waals surface area contributed by atoms with E-state index in [4.69, 9.17) is 4.74 Å². The second-order valence-electron chi connectivity index (χ2n) is 8.48. The van der Waals surface area contributed by atoms with Gasteiger partial charge in [-0.15, -0.1) is 0 Å². The average Bonchev–Trinajstić information content (AvgIpc) is 3.51. The Kier molecular flexibility index (Phi) is 4.20. The number of para-hydroxylation sites is 1. The second kappa shape index (κ2) is 6.69. The number of anilines is 1. The van der Waals surface area contributed by atoms with E-state index in [0.29, 0.717) is 11.3 Å². The van der Waals surface area contributed by atoms with Crippen molar-refractivity contribution in [2.45, 2.75) is 57.8 Å². The molecule has 2 aromatic carbocycles. The van der Waals surface area contributed by atoms with E-state index in [1.807, 2.05) is 32.0 Å². The van der Waals surface area contributed by atoms with Crippen LogP contribution in [-0.2, 0) is 20.9 Å². The number of ether oxygens (including phenoxy) is 1. The van der Waals surface area contributed by atoms with E-state index >= 15 is 0 Å². The molecule has 2 fully saturated rings. The van der Waals surface area contributed by atoms with Crippen LogP contribution < -0.4 is 4.90 Å². The molecule has 1 saturated heterocycles. The quantitative estimate of drug-likeness (QED) is 0.732. The lowest BCUT2D eigenvalue weighted by Crippen LogP contribution is -2.69. The first-order valence-corrected chi connectivity index (χ1v) is 10.4. The smallest absolute Gasteiger partial charge is 0.354 e. The second-order valence-corrected chi connectivity index (χ2v) is 8.48. The predicted octanol–water partition coefficient (Wildman–Crippen LogP) is 3.49. The first-order valence-electron chi connectivity index (χ1n) is 10.4. The molecule has 154 valence electrons. The SMILES string of the molecule is Cc1ccc(C)c(COC(=O)[C@@]23CCC(=O)N2c2ccccc2C(=O)N3C2CC2)c1. The summed E-state index contributed by atoms with van der Waals surface area (Å²) < 4.78 is 5.80. The van der Waals surface area contributed by atoms with Gasteiger partial charge >= 0.3 is 5.97 Å². The number of hydrogen-bond donors (Lipinski definition) is 0. The van der Waals surface area contributed by atoms with Crippen LogP contribution in [0.15, 0.2) is 42.5 Å². The molecule has 3 aliphatic rings. The first kappa shape index (κ1) is 18.9. The molecule has 0 aromatic heterocycles. The lowest BCUT2D eigenvalue weighted by molar-refractivity contribution is -0.159. The van der Waals surface area contributed by atoms with Crippen molar-refractivity contribution in [2.75, 3.05) is 4.90 Å². The lowest BCUT2D eigenvalue weighted by Gasteiger charge is -2.48. The lowest BCUT2D eigenvalue weighted by atomic mass is 9.96. The van der Waals surface area contributed by atoms with Crippen molar-refractivity contribution in [2.24, 2.45) is 0 Å². The van der Waals surface area contributed by atoms with Crippen LogP contribution in [0, 0.1) is 13.8 Å². The zero-order valence-electron chi connectivity index (χ0n) is 17.2. The Morgan fingerprint density at radius 2 is 1.90 bits per heavy atom. The molecular formula is C24H24N2O4. The van der Waals surface area contributed by atoms with Gasteiger partial charge in [-0.3, -0.25) is 14.5 Å². The molecule has 0 unspecified atom stereocenters. The van der Waals surface area contributed by atoms with Crippen LogP contribution in [0.3, 0.4) is 0 Å². The maximum atomic E-state index is 13.6. The molecule has 2 aliphatic heterocycles. The summed E-state index contributed by atoms with van der Waals surface area (Å²) in [7, 11) is 0. The molecule has 30 heavy (non-hydrogen) atoms. The van der Waals surface area contributed by atoms with Crippen LogP contribution in [0.1, 0.15) is 52.7 Å². The summed E-state index contributed by atoms with van der Waals surface area (Å²) >= 11 is 0. The zero-order valence-corrected chi connectivity index (χ0v) is 17.2. The average molecular weight is 404 g/mol. The van der Waals surface area contributed by atoms with Crippen LogP contribution in [0.25, 0.3) is 0 Å². The third-order valence-corrected chi connectivity index (χ3v) is 6.40. The summed E-state index contributed by atoms with van der Waals surface area (Å²) in [5.41, 5.74) is 2.64. The molecule has 2 heterocycles. The standard InChI is InChI=1S/C24H24N2O4/c1-15-7-8-16(2)17(13-15)14-30-23(29)24-12-11-21(27)26(24)20-6-4-3-5-19(20)22(28)25(24)18-9-10-18/h3-8,13,18H,9-12,14H2,1-2H3/t24-/m1/s1. The Hall–Kier alpha value is -3.15. The van der Waals surface area contributed by atoms with E-state index < -0.39 is 11.6 Å². The van der Waals surface area contributed by atoms with Crippen molar-refractivity contribution in [1.29, 1.82) is 0 Å². The Balaban J connectivity index is 1.55. The van der Waals surface area contributed by atoms with Crippen LogP contribution in [-0.4, -0.2) is 34.4 Å². The Morgan fingerprint density at radius 3 is 2.67 bits per heavy atom. The van der Waals surface area contributed by atoms with E-state index in [1.165, 1.54) is 4.90 Å². The molecule has 1 saturated carbocycles. The fraction of sp³-hybridized carbons (Fsp3) is 0.375. The maximum absolute atomic E-state index is 13.6. The van der Waals surface area contributed by atoms with E-state index in [-0.39, 0.29) is 37.3 Å². The van der Waals surface area contributed by atoms with Crippen LogP contribution in [0.2, 0.25) is 0 Å². The first-order chi connectivity index (χ1) is 14.4. The minimum absolute atomic E-state index is 0.0347. The van der Waals surface area contributed by atoms with Gasteiger partial charge in [0.05, 0.1) is 11.3 Å². The molecule has 2 aromatic rings. The number of carbonyl (C=O) groups is 3. The predicted molar refractivity (Wildman–Crippen MR) is 111 cm³/mol. The van der Waals surface area contributed by atoms with Gasteiger partial charge in [0.15, 0.2) is 0 Å². The summed E-state index contributed by atoms with van der Waals surface area (Å²) in [5.74, 6) is -0.865. The third-order valence-electron chi connectivity index (χ3n) is 6.40.